The average molecular weight is 434 g/mol. The summed E-state index contributed by atoms with van der Waals surface area (Å²) < 4.78 is 0. The Morgan fingerprint density at radius 2 is 1.75 bits per heavy atom. The highest BCUT2D eigenvalue weighted by Gasteiger charge is 2.11. The highest BCUT2D eigenvalue weighted by Crippen LogP contribution is 2.20. The molecular weight excluding hydrogens is 406 g/mol. The van der Waals surface area contributed by atoms with Crippen LogP contribution < -0.4 is 10.6 Å². The second-order valence-electron chi connectivity index (χ2n) is 7.70. The first-order chi connectivity index (χ1) is 15.3. The molecule has 0 fully saturated rings. The van der Waals surface area contributed by atoms with Crippen LogP contribution in [0.5, 0.6) is 0 Å². The molecule has 0 saturated heterocycles. The molecule has 1 atom stereocenters. The summed E-state index contributed by atoms with van der Waals surface area (Å²) in [6, 6.07) is 20.7. The van der Waals surface area contributed by atoms with Crippen LogP contribution in [0.3, 0.4) is 0 Å². The van der Waals surface area contributed by atoms with Crippen LogP contribution in [0, 0.1) is 10.1 Å². The summed E-state index contributed by atoms with van der Waals surface area (Å²) in [4.78, 5) is 28.5. The molecule has 3 rings (SSSR count). The molecule has 0 aromatic heterocycles. The predicted molar refractivity (Wildman–Crippen MR) is 126 cm³/mol. The van der Waals surface area contributed by atoms with Crippen LogP contribution >= 0.6 is 0 Å². The zero-order valence-corrected chi connectivity index (χ0v) is 18.4. The van der Waals surface area contributed by atoms with Crippen molar-refractivity contribution in [3.63, 3.8) is 0 Å². The predicted octanol–water partition coefficient (Wildman–Crippen LogP) is 3.63. The van der Waals surface area contributed by atoms with Crippen molar-refractivity contribution in [1.29, 1.82) is 0 Å². The first kappa shape index (κ1) is 22.7. The van der Waals surface area contributed by atoms with E-state index in [9.17, 15) is 14.9 Å². The van der Waals surface area contributed by atoms with Crippen LogP contribution in [-0.2, 0) is 11.3 Å². The lowest BCUT2D eigenvalue weighted by Gasteiger charge is -2.20. The molecule has 0 bridgehead atoms. The third kappa shape index (κ3) is 6.04. The van der Waals surface area contributed by atoms with E-state index in [2.05, 4.69) is 46.0 Å². The van der Waals surface area contributed by atoms with Crippen molar-refractivity contribution in [3.8, 4) is 0 Å². The molecule has 0 radical (unpaired) electrons. The molecule has 0 aliphatic heterocycles. The largest absolute Gasteiger partial charge is 0.350 e. The highest BCUT2D eigenvalue weighted by atomic mass is 16.6. The van der Waals surface area contributed by atoms with Gasteiger partial charge in [-0.25, -0.2) is 4.99 Å². The number of carbonyl (C=O) groups excluding carboxylic acids is 1. The third-order valence-electron chi connectivity index (χ3n) is 5.10. The van der Waals surface area contributed by atoms with Gasteiger partial charge in [-0.05, 0) is 34.9 Å². The van der Waals surface area contributed by atoms with Gasteiger partial charge in [0.2, 0.25) is 5.91 Å². The molecule has 0 aliphatic rings. The van der Waals surface area contributed by atoms with Crippen LogP contribution in [0.15, 0.2) is 71.7 Å². The molecule has 2 N–H and O–H groups in total. The van der Waals surface area contributed by atoms with Crippen LogP contribution in [-0.4, -0.2) is 42.3 Å². The summed E-state index contributed by atoms with van der Waals surface area (Å²) in [5, 5.41) is 19.6. The van der Waals surface area contributed by atoms with Gasteiger partial charge in [0.05, 0.1) is 24.1 Å². The van der Waals surface area contributed by atoms with Gasteiger partial charge >= 0.3 is 0 Å². The number of nitrogens with one attached hydrogen (secondary N) is 2. The van der Waals surface area contributed by atoms with Gasteiger partial charge in [-0.15, -0.1) is 0 Å². The maximum absolute atomic E-state index is 12.0. The topological polar surface area (TPSA) is 99.9 Å². The Morgan fingerprint density at radius 3 is 2.41 bits per heavy atom. The number of nitrogens with zero attached hydrogens (tertiary/aromatic N) is 3. The number of carbonyl (C=O) groups is 1. The van der Waals surface area contributed by atoms with Crippen molar-refractivity contribution in [3.05, 3.63) is 88.0 Å². The number of nitro benzene ring substituents is 1. The zero-order valence-electron chi connectivity index (χ0n) is 18.4. The number of guanidine groups is 1. The molecule has 3 aromatic rings. The Balaban J connectivity index is 1.76. The van der Waals surface area contributed by atoms with Crippen molar-refractivity contribution >= 4 is 28.3 Å². The molecule has 0 saturated carbocycles. The van der Waals surface area contributed by atoms with E-state index in [4.69, 9.17) is 0 Å². The molecule has 0 aliphatic carbocycles. The molecule has 32 heavy (non-hydrogen) atoms. The SMILES string of the molecule is CC(NC(=NCc1ccc([N+](=O)[O-])cc1)NCC(=O)N(C)C)c1ccc2ccccc2c1. The van der Waals surface area contributed by atoms with Crippen molar-refractivity contribution in [2.45, 2.75) is 19.5 Å². The maximum atomic E-state index is 12.0. The number of benzene rings is 3. The second kappa shape index (κ2) is 10.4. The summed E-state index contributed by atoms with van der Waals surface area (Å²) in [5.74, 6) is 0.410. The number of aliphatic imine (C=N–C) groups is 1. The lowest BCUT2D eigenvalue weighted by molar-refractivity contribution is -0.384. The number of rotatable bonds is 7. The summed E-state index contributed by atoms with van der Waals surface area (Å²) >= 11 is 0. The van der Waals surface area contributed by atoms with Gasteiger partial charge in [0.15, 0.2) is 5.96 Å². The first-order valence-corrected chi connectivity index (χ1v) is 10.3. The summed E-state index contributed by atoms with van der Waals surface area (Å²) in [6.45, 7) is 2.44. The molecule has 0 spiro atoms. The minimum Gasteiger partial charge on any atom is -0.350 e. The summed E-state index contributed by atoms with van der Waals surface area (Å²) in [7, 11) is 3.39. The van der Waals surface area contributed by atoms with E-state index in [0.717, 1.165) is 16.5 Å². The van der Waals surface area contributed by atoms with Gasteiger partial charge in [0.25, 0.3) is 5.69 Å². The van der Waals surface area contributed by atoms with E-state index in [-0.39, 0.29) is 24.2 Å². The fraction of sp³-hybridized carbons (Fsp3) is 0.250. The van der Waals surface area contributed by atoms with Gasteiger partial charge in [-0.3, -0.25) is 14.9 Å². The molecular formula is C24H27N5O3. The summed E-state index contributed by atoms with van der Waals surface area (Å²) in [5.41, 5.74) is 1.96. The van der Waals surface area contributed by atoms with E-state index < -0.39 is 4.92 Å². The fourth-order valence-electron chi connectivity index (χ4n) is 3.13. The Labute approximate surface area is 187 Å². The van der Waals surface area contributed by atoms with Crippen LogP contribution in [0.2, 0.25) is 0 Å². The fourth-order valence-corrected chi connectivity index (χ4v) is 3.13. The van der Waals surface area contributed by atoms with Crippen molar-refractivity contribution in [2.24, 2.45) is 4.99 Å². The van der Waals surface area contributed by atoms with Crippen molar-refractivity contribution in [2.75, 3.05) is 20.6 Å². The minimum absolute atomic E-state index is 0.0377. The van der Waals surface area contributed by atoms with Crippen LogP contribution in [0.1, 0.15) is 24.1 Å². The number of nitro groups is 1. The molecule has 166 valence electrons. The van der Waals surface area contributed by atoms with Gasteiger partial charge < -0.3 is 15.5 Å². The number of fused-ring (bicyclic) bond motifs is 1. The Morgan fingerprint density at radius 1 is 1.06 bits per heavy atom. The number of likely N-dealkylation sites (N-methyl/N-ethyl adjacent to an activating group) is 1. The average Bonchev–Trinajstić information content (AvgIpc) is 2.80. The van der Waals surface area contributed by atoms with Gasteiger partial charge in [-0.2, -0.15) is 0 Å². The lowest BCUT2D eigenvalue weighted by Crippen LogP contribution is -2.43. The maximum Gasteiger partial charge on any atom is 0.269 e. The van der Waals surface area contributed by atoms with E-state index in [0.29, 0.717) is 12.5 Å². The molecule has 1 unspecified atom stereocenters. The third-order valence-corrected chi connectivity index (χ3v) is 5.10. The van der Waals surface area contributed by atoms with Gasteiger partial charge in [0, 0.05) is 26.2 Å². The standard InChI is InChI=1S/C24H27N5O3/c1-17(20-11-10-19-6-4-5-7-21(19)14-20)27-24(26-16-23(30)28(2)3)25-15-18-8-12-22(13-9-18)29(31)32/h4-14,17H,15-16H2,1-3H3,(H2,25,26,27). The lowest BCUT2D eigenvalue weighted by atomic mass is 10.0. The van der Waals surface area contributed by atoms with Gasteiger partial charge in [-0.1, -0.05) is 48.5 Å². The van der Waals surface area contributed by atoms with Crippen molar-refractivity contribution < 1.29 is 9.72 Å². The zero-order chi connectivity index (χ0) is 23.1. The monoisotopic (exact) mass is 433 g/mol. The number of hydrogen-bond acceptors (Lipinski definition) is 4. The van der Waals surface area contributed by atoms with Crippen molar-refractivity contribution in [1.82, 2.24) is 15.5 Å². The molecule has 1 amide bonds. The normalized spacial score (nSPS) is 12.3. The van der Waals surface area contributed by atoms with Crippen LogP contribution in [0.4, 0.5) is 5.69 Å². The van der Waals surface area contributed by atoms with Gasteiger partial charge in [0.1, 0.15) is 0 Å². The highest BCUT2D eigenvalue weighted by molar-refractivity contribution is 5.87. The molecule has 3 aromatic carbocycles. The molecule has 8 nitrogen and oxygen atoms in total. The number of amides is 1. The summed E-state index contributed by atoms with van der Waals surface area (Å²) in [6.07, 6.45) is 0. The van der Waals surface area contributed by atoms with E-state index in [1.54, 1.807) is 26.2 Å². The first-order valence-electron chi connectivity index (χ1n) is 10.3. The number of hydrogen-bond donors (Lipinski definition) is 2. The van der Waals surface area contributed by atoms with E-state index >= 15 is 0 Å². The van der Waals surface area contributed by atoms with Crippen LogP contribution in [0.25, 0.3) is 10.8 Å². The Hall–Kier alpha value is -3.94. The smallest absolute Gasteiger partial charge is 0.269 e. The second-order valence-corrected chi connectivity index (χ2v) is 7.70. The molecule has 8 heteroatoms. The Kier molecular flexibility index (Phi) is 7.38. The molecule has 0 heterocycles. The van der Waals surface area contributed by atoms with E-state index in [1.807, 2.05) is 19.1 Å². The number of non-ortho nitro benzene ring substituents is 1. The minimum atomic E-state index is -0.431. The Bertz CT molecular complexity index is 1130. The quantitative estimate of drug-likeness (QED) is 0.257. The van der Waals surface area contributed by atoms with E-state index in [1.165, 1.54) is 22.4 Å².